The fourth-order valence-electron chi connectivity index (χ4n) is 2.69. The zero-order chi connectivity index (χ0) is 19.2. The van der Waals surface area contributed by atoms with Crippen LogP contribution in [-0.4, -0.2) is 34.7 Å². The number of nitrogens with zero attached hydrogens (tertiary/aromatic N) is 4. The highest BCUT2D eigenvalue weighted by Crippen LogP contribution is 2.29. The second-order valence-corrected chi connectivity index (χ2v) is 7.47. The predicted molar refractivity (Wildman–Crippen MR) is 107 cm³/mol. The van der Waals surface area contributed by atoms with Crippen LogP contribution in [0, 0.1) is 5.92 Å². The minimum absolute atomic E-state index is 0.0258. The first-order valence-corrected chi connectivity index (χ1v) is 9.56. The van der Waals surface area contributed by atoms with E-state index in [0.29, 0.717) is 23.3 Å². The molecule has 0 aliphatic heterocycles. The first-order chi connectivity index (χ1) is 13.1. The minimum atomic E-state index is -0.0258. The average molecular weight is 382 g/mol. The van der Waals surface area contributed by atoms with Crippen molar-refractivity contribution in [2.75, 3.05) is 18.6 Å². The summed E-state index contributed by atoms with van der Waals surface area (Å²) >= 11 is 1.40. The second kappa shape index (κ2) is 8.73. The van der Waals surface area contributed by atoms with Crippen molar-refractivity contribution in [2.24, 2.45) is 5.92 Å². The number of amides is 1. The van der Waals surface area contributed by atoms with E-state index in [1.165, 1.54) is 11.3 Å². The first kappa shape index (κ1) is 19.0. The van der Waals surface area contributed by atoms with Crippen LogP contribution in [0.15, 0.2) is 48.8 Å². The van der Waals surface area contributed by atoms with Gasteiger partial charge < -0.3 is 4.74 Å². The van der Waals surface area contributed by atoms with Crippen LogP contribution in [0.2, 0.25) is 0 Å². The van der Waals surface area contributed by atoms with Gasteiger partial charge in [0.05, 0.1) is 13.5 Å². The van der Waals surface area contributed by atoms with Crippen molar-refractivity contribution in [3.05, 3.63) is 54.4 Å². The molecule has 1 aromatic carbocycles. The van der Waals surface area contributed by atoms with Crippen molar-refractivity contribution in [1.82, 2.24) is 15.2 Å². The zero-order valence-corrected chi connectivity index (χ0v) is 16.4. The number of benzene rings is 1. The number of rotatable bonds is 7. The fourth-order valence-corrected chi connectivity index (χ4v) is 3.55. The molecule has 140 valence electrons. The molecule has 0 unspecified atom stereocenters. The van der Waals surface area contributed by atoms with E-state index in [9.17, 15) is 4.79 Å². The van der Waals surface area contributed by atoms with Crippen LogP contribution < -0.4 is 9.64 Å². The summed E-state index contributed by atoms with van der Waals surface area (Å²) in [6.45, 7) is 4.73. The summed E-state index contributed by atoms with van der Waals surface area (Å²) in [5, 5.41) is 9.86. The predicted octanol–water partition coefficient (Wildman–Crippen LogP) is 3.84. The molecule has 0 saturated carbocycles. The fraction of sp³-hybridized carbons (Fsp3) is 0.300. The van der Waals surface area contributed by atoms with E-state index in [1.54, 1.807) is 24.4 Å². The molecule has 0 N–H and O–H groups in total. The Bertz CT molecular complexity index is 896. The summed E-state index contributed by atoms with van der Waals surface area (Å²) in [6.07, 6.45) is 3.71. The van der Waals surface area contributed by atoms with Crippen molar-refractivity contribution in [3.63, 3.8) is 0 Å². The van der Waals surface area contributed by atoms with Gasteiger partial charge in [-0.15, -0.1) is 10.2 Å². The Morgan fingerprint density at radius 3 is 2.70 bits per heavy atom. The Morgan fingerprint density at radius 2 is 2.00 bits per heavy atom. The van der Waals surface area contributed by atoms with E-state index in [4.69, 9.17) is 4.74 Å². The van der Waals surface area contributed by atoms with Crippen molar-refractivity contribution >= 4 is 22.4 Å². The largest absolute Gasteiger partial charge is 0.496 e. The monoisotopic (exact) mass is 382 g/mol. The lowest BCUT2D eigenvalue weighted by Crippen LogP contribution is -2.35. The number of para-hydroxylation sites is 1. The van der Waals surface area contributed by atoms with Gasteiger partial charge >= 0.3 is 0 Å². The molecule has 0 bridgehead atoms. The molecule has 0 atom stereocenters. The van der Waals surface area contributed by atoms with Crippen molar-refractivity contribution in [3.8, 4) is 16.3 Å². The van der Waals surface area contributed by atoms with Gasteiger partial charge in [-0.25, -0.2) is 0 Å². The molecule has 3 rings (SSSR count). The van der Waals surface area contributed by atoms with E-state index in [-0.39, 0.29) is 12.3 Å². The van der Waals surface area contributed by atoms with Crippen LogP contribution >= 0.6 is 11.3 Å². The minimum Gasteiger partial charge on any atom is -0.496 e. The van der Waals surface area contributed by atoms with Crippen LogP contribution in [0.25, 0.3) is 10.6 Å². The maximum absolute atomic E-state index is 13.1. The van der Waals surface area contributed by atoms with Crippen LogP contribution in [0.4, 0.5) is 5.13 Å². The molecular formula is C20H22N4O2S. The highest BCUT2D eigenvalue weighted by atomic mass is 32.1. The van der Waals surface area contributed by atoms with Crippen molar-refractivity contribution in [2.45, 2.75) is 20.3 Å². The van der Waals surface area contributed by atoms with Gasteiger partial charge in [0, 0.05) is 30.1 Å². The average Bonchev–Trinajstić information content (AvgIpc) is 3.17. The summed E-state index contributed by atoms with van der Waals surface area (Å²) in [6, 6.07) is 11.4. The van der Waals surface area contributed by atoms with Crippen LogP contribution in [0.1, 0.15) is 19.4 Å². The molecule has 2 aromatic heterocycles. The lowest BCUT2D eigenvalue weighted by Gasteiger charge is -2.22. The van der Waals surface area contributed by atoms with E-state index >= 15 is 0 Å². The number of carbonyl (C=O) groups is 1. The van der Waals surface area contributed by atoms with Gasteiger partial charge in [-0.1, -0.05) is 43.4 Å². The van der Waals surface area contributed by atoms with Gasteiger partial charge in [0.25, 0.3) is 0 Å². The van der Waals surface area contributed by atoms with E-state index < -0.39 is 0 Å². The van der Waals surface area contributed by atoms with Crippen LogP contribution in [0.3, 0.4) is 0 Å². The quantitative estimate of drug-likeness (QED) is 0.621. The Labute approximate surface area is 162 Å². The Kier molecular flexibility index (Phi) is 6.13. The van der Waals surface area contributed by atoms with Crippen molar-refractivity contribution in [1.29, 1.82) is 0 Å². The van der Waals surface area contributed by atoms with Gasteiger partial charge in [0.1, 0.15) is 5.75 Å². The number of methoxy groups -OCH3 is 1. The molecule has 2 heterocycles. The highest BCUT2D eigenvalue weighted by Gasteiger charge is 2.22. The Morgan fingerprint density at radius 1 is 1.19 bits per heavy atom. The number of anilines is 1. The smallest absolute Gasteiger partial charge is 0.233 e. The number of hydrogen-bond acceptors (Lipinski definition) is 6. The Balaban J connectivity index is 1.85. The number of aromatic nitrogens is 3. The summed E-state index contributed by atoms with van der Waals surface area (Å²) in [5.41, 5.74) is 1.75. The molecule has 7 heteroatoms. The molecule has 0 aliphatic rings. The molecule has 0 fully saturated rings. The lowest BCUT2D eigenvalue weighted by molar-refractivity contribution is -0.118. The zero-order valence-electron chi connectivity index (χ0n) is 15.6. The molecule has 0 aliphatic carbocycles. The summed E-state index contributed by atoms with van der Waals surface area (Å²) < 4.78 is 5.37. The molecule has 6 nitrogen and oxygen atoms in total. The molecule has 0 radical (unpaired) electrons. The summed E-state index contributed by atoms with van der Waals surface area (Å²) in [5.74, 6) is 0.989. The molecule has 0 saturated heterocycles. The SMILES string of the molecule is COc1ccccc1CC(=O)N(CC(C)C)c1nnc(-c2cccnc2)s1. The number of pyridine rings is 1. The standard InChI is InChI=1S/C20H22N4O2S/c1-14(2)13-24(18(25)11-15-7-4-5-9-17(15)26-3)20-23-22-19(27-20)16-8-6-10-21-12-16/h4-10,12,14H,11,13H2,1-3H3. The molecule has 0 spiro atoms. The maximum atomic E-state index is 13.1. The van der Waals surface area contributed by atoms with Gasteiger partial charge in [-0.05, 0) is 24.1 Å². The Hall–Kier alpha value is -2.80. The van der Waals surface area contributed by atoms with E-state index in [1.807, 2.05) is 36.4 Å². The summed E-state index contributed by atoms with van der Waals surface area (Å²) in [4.78, 5) is 18.9. The lowest BCUT2D eigenvalue weighted by atomic mass is 10.1. The molecular weight excluding hydrogens is 360 g/mol. The van der Waals surface area contributed by atoms with E-state index in [2.05, 4.69) is 29.0 Å². The van der Waals surface area contributed by atoms with E-state index in [0.717, 1.165) is 16.1 Å². The first-order valence-electron chi connectivity index (χ1n) is 8.74. The topological polar surface area (TPSA) is 68.2 Å². The summed E-state index contributed by atoms with van der Waals surface area (Å²) in [7, 11) is 1.61. The third-order valence-electron chi connectivity index (χ3n) is 3.94. The maximum Gasteiger partial charge on any atom is 0.233 e. The van der Waals surface area contributed by atoms with Gasteiger partial charge in [0.2, 0.25) is 11.0 Å². The number of carbonyl (C=O) groups excluding carboxylic acids is 1. The molecule has 27 heavy (non-hydrogen) atoms. The van der Waals surface area contributed by atoms with Gasteiger partial charge in [-0.2, -0.15) is 0 Å². The second-order valence-electron chi connectivity index (χ2n) is 6.52. The number of hydrogen-bond donors (Lipinski definition) is 0. The van der Waals surface area contributed by atoms with Crippen molar-refractivity contribution < 1.29 is 9.53 Å². The third kappa shape index (κ3) is 4.68. The number of ether oxygens (including phenoxy) is 1. The molecule has 1 amide bonds. The van der Waals surface area contributed by atoms with Crippen LogP contribution in [-0.2, 0) is 11.2 Å². The van der Waals surface area contributed by atoms with Gasteiger partial charge in [-0.3, -0.25) is 14.7 Å². The van der Waals surface area contributed by atoms with Gasteiger partial charge in [0.15, 0.2) is 5.01 Å². The highest BCUT2D eigenvalue weighted by molar-refractivity contribution is 7.18. The normalized spacial score (nSPS) is 10.8. The van der Waals surface area contributed by atoms with Crippen LogP contribution in [0.5, 0.6) is 5.75 Å². The molecule has 3 aromatic rings. The third-order valence-corrected chi connectivity index (χ3v) is 4.93.